The Morgan fingerprint density at radius 1 is 1.36 bits per heavy atom. The number of rotatable bonds is 5. The van der Waals surface area contributed by atoms with Crippen LogP contribution in [0.5, 0.6) is 5.75 Å². The number of primary amides is 1. The van der Waals surface area contributed by atoms with Crippen LogP contribution in [0.2, 0.25) is 5.02 Å². The Morgan fingerprint density at radius 3 is 2.91 bits per heavy atom. The van der Waals surface area contributed by atoms with E-state index in [1.165, 1.54) is 18.3 Å². The highest BCUT2D eigenvalue weighted by molar-refractivity contribution is 6.31. The van der Waals surface area contributed by atoms with Gasteiger partial charge in [-0.25, -0.2) is 14.6 Å². The minimum absolute atomic E-state index is 0.208. The molecule has 0 heterocycles. The van der Waals surface area contributed by atoms with Gasteiger partial charge in [-0.05, 0) is 29.8 Å². The number of carbonyl (C=O) groups is 1. The highest BCUT2D eigenvalue weighted by Crippen LogP contribution is 2.20. The summed E-state index contributed by atoms with van der Waals surface area (Å²) in [5.41, 5.74) is 8.39. The Bertz CT molecular complexity index is 707. The lowest BCUT2D eigenvalue weighted by atomic mass is 10.2. The quantitative estimate of drug-likeness (QED) is 0.656. The van der Waals surface area contributed by atoms with Gasteiger partial charge in [0.05, 0.1) is 11.2 Å². The van der Waals surface area contributed by atoms with Crippen molar-refractivity contribution < 1.29 is 13.9 Å². The van der Waals surface area contributed by atoms with Gasteiger partial charge in [0.15, 0.2) is 0 Å². The smallest absolute Gasteiger partial charge is 0.332 e. The van der Waals surface area contributed by atoms with Crippen LogP contribution in [-0.2, 0) is 6.61 Å². The van der Waals surface area contributed by atoms with E-state index >= 15 is 0 Å². The number of carbonyl (C=O) groups excluding carboxylic acids is 1. The van der Waals surface area contributed by atoms with E-state index in [1.807, 2.05) is 0 Å². The Morgan fingerprint density at radius 2 is 2.18 bits per heavy atom. The van der Waals surface area contributed by atoms with Crippen LogP contribution < -0.4 is 15.9 Å². The molecule has 5 nitrogen and oxygen atoms in total. The molecular formula is C15H13ClFN3O2. The van der Waals surface area contributed by atoms with Crippen molar-refractivity contribution in [3.05, 3.63) is 64.4 Å². The van der Waals surface area contributed by atoms with Gasteiger partial charge in [-0.2, -0.15) is 5.10 Å². The summed E-state index contributed by atoms with van der Waals surface area (Å²) in [6, 6.07) is 10.4. The number of benzene rings is 2. The average molecular weight is 322 g/mol. The van der Waals surface area contributed by atoms with Gasteiger partial charge in [0.2, 0.25) is 0 Å². The summed E-state index contributed by atoms with van der Waals surface area (Å²) < 4.78 is 18.6. The second-order valence-corrected chi connectivity index (χ2v) is 4.74. The Balaban J connectivity index is 2.01. The zero-order valence-corrected chi connectivity index (χ0v) is 12.2. The minimum Gasteiger partial charge on any atom is -0.489 e. The molecule has 0 radical (unpaired) electrons. The predicted octanol–water partition coefficient (Wildman–Crippen LogP) is 3.06. The zero-order valence-electron chi connectivity index (χ0n) is 11.4. The fourth-order valence-corrected chi connectivity index (χ4v) is 1.88. The van der Waals surface area contributed by atoms with Crippen molar-refractivity contribution in [2.45, 2.75) is 6.61 Å². The van der Waals surface area contributed by atoms with Crippen molar-refractivity contribution >= 4 is 23.8 Å². The average Bonchev–Trinajstić information content (AvgIpc) is 2.46. The first-order valence-corrected chi connectivity index (χ1v) is 6.67. The summed E-state index contributed by atoms with van der Waals surface area (Å²) >= 11 is 5.93. The summed E-state index contributed by atoms with van der Waals surface area (Å²) in [4.78, 5) is 10.5. The number of nitrogens with one attached hydrogen (secondary N) is 1. The standard InChI is InChI=1S/C15H13ClFN3O2/c16-14-7-12(17)5-4-11(14)9-22-13-3-1-2-10(6-13)8-19-20-15(18)21/h1-8H,9H2,(H3,18,20,21). The molecule has 0 spiro atoms. The topological polar surface area (TPSA) is 76.7 Å². The lowest BCUT2D eigenvalue weighted by Crippen LogP contribution is -2.24. The third-order valence-corrected chi connectivity index (χ3v) is 3.01. The van der Waals surface area contributed by atoms with Crippen LogP contribution in [0.1, 0.15) is 11.1 Å². The molecule has 0 aliphatic heterocycles. The summed E-state index contributed by atoms with van der Waals surface area (Å²) in [6.45, 7) is 0.208. The molecule has 2 aromatic rings. The number of urea groups is 1. The van der Waals surface area contributed by atoms with Crippen LogP contribution >= 0.6 is 11.6 Å². The van der Waals surface area contributed by atoms with E-state index in [4.69, 9.17) is 22.1 Å². The summed E-state index contributed by atoms with van der Waals surface area (Å²) in [5, 5.41) is 3.97. The van der Waals surface area contributed by atoms with E-state index < -0.39 is 11.8 Å². The lowest BCUT2D eigenvalue weighted by molar-refractivity contribution is 0.249. The molecule has 0 aromatic heterocycles. The first-order valence-electron chi connectivity index (χ1n) is 6.30. The number of halogens is 2. The van der Waals surface area contributed by atoms with Gasteiger partial charge in [-0.1, -0.05) is 29.8 Å². The number of hydrazone groups is 1. The normalized spacial score (nSPS) is 10.6. The molecule has 0 saturated carbocycles. The van der Waals surface area contributed by atoms with E-state index in [9.17, 15) is 9.18 Å². The Kier molecular flexibility index (Phi) is 5.32. The van der Waals surface area contributed by atoms with Crippen LogP contribution in [0.15, 0.2) is 47.6 Å². The van der Waals surface area contributed by atoms with Crippen LogP contribution in [0.3, 0.4) is 0 Å². The summed E-state index contributed by atoms with van der Waals surface area (Å²) in [5.74, 6) is 0.192. The van der Waals surface area contributed by atoms with Crippen molar-refractivity contribution in [3.8, 4) is 5.75 Å². The molecule has 3 N–H and O–H groups in total. The number of nitrogens with two attached hydrogens (primary N) is 1. The number of amides is 2. The fraction of sp³-hybridized carbons (Fsp3) is 0.0667. The third-order valence-electron chi connectivity index (χ3n) is 2.66. The third kappa shape index (κ3) is 4.75. The Hall–Kier alpha value is -2.60. The van der Waals surface area contributed by atoms with Gasteiger partial charge >= 0.3 is 6.03 Å². The molecule has 2 aromatic carbocycles. The van der Waals surface area contributed by atoms with Crippen LogP contribution in [0.25, 0.3) is 0 Å². The molecule has 2 rings (SSSR count). The molecule has 2 amide bonds. The summed E-state index contributed by atoms with van der Waals surface area (Å²) in [7, 11) is 0. The summed E-state index contributed by atoms with van der Waals surface area (Å²) in [6.07, 6.45) is 1.43. The largest absolute Gasteiger partial charge is 0.489 e. The zero-order chi connectivity index (χ0) is 15.9. The molecule has 0 saturated heterocycles. The molecule has 0 aliphatic rings. The number of hydrogen-bond acceptors (Lipinski definition) is 3. The van der Waals surface area contributed by atoms with E-state index in [-0.39, 0.29) is 6.61 Å². The van der Waals surface area contributed by atoms with Crippen molar-refractivity contribution in [2.75, 3.05) is 0 Å². The second kappa shape index (κ2) is 7.42. The van der Waals surface area contributed by atoms with Gasteiger partial charge in [-0.15, -0.1) is 0 Å². The van der Waals surface area contributed by atoms with E-state index in [0.29, 0.717) is 16.3 Å². The van der Waals surface area contributed by atoms with Gasteiger partial charge < -0.3 is 10.5 Å². The first kappa shape index (κ1) is 15.8. The van der Waals surface area contributed by atoms with E-state index in [1.54, 1.807) is 30.3 Å². The molecule has 0 bridgehead atoms. The monoisotopic (exact) mass is 321 g/mol. The Labute approximate surface area is 131 Å². The second-order valence-electron chi connectivity index (χ2n) is 4.33. The fourth-order valence-electron chi connectivity index (χ4n) is 1.65. The molecule has 0 unspecified atom stereocenters. The minimum atomic E-state index is -0.741. The molecule has 114 valence electrons. The predicted molar refractivity (Wildman–Crippen MR) is 82.5 cm³/mol. The van der Waals surface area contributed by atoms with Crippen molar-refractivity contribution in [2.24, 2.45) is 10.8 Å². The first-order chi connectivity index (χ1) is 10.5. The number of hydrogen-bond donors (Lipinski definition) is 2. The number of nitrogens with zero attached hydrogens (tertiary/aromatic N) is 1. The molecule has 22 heavy (non-hydrogen) atoms. The van der Waals surface area contributed by atoms with E-state index in [0.717, 1.165) is 5.56 Å². The molecule has 0 atom stereocenters. The lowest BCUT2D eigenvalue weighted by Gasteiger charge is -2.08. The van der Waals surface area contributed by atoms with E-state index in [2.05, 4.69) is 10.5 Å². The maximum Gasteiger partial charge on any atom is 0.332 e. The van der Waals surface area contributed by atoms with Crippen molar-refractivity contribution in [3.63, 3.8) is 0 Å². The van der Waals surface area contributed by atoms with Crippen molar-refractivity contribution in [1.29, 1.82) is 0 Å². The highest BCUT2D eigenvalue weighted by atomic mass is 35.5. The van der Waals surface area contributed by atoms with Crippen LogP contribution in [-0.4, -0.2) is 12.2 Å². The number of ether oxygens (including phenoxy) is 1. The van der Waals surface area contributed by atoms with Crippen LogP contribution in [0, 0.1) is 5.82 Å². The maximum atomic E-state index is 13.0. The molecule has 7 heteroatoms. The van der Waals surface area contributed by atoms with Gasteiger partial charge in [0.25, 0.3) is 0 Å². The van der Waals surface area contributed by atoms with Gasteiger partial charge in [-0.3, -0.25) is 0 Å². The molecule has 0 fully saturated rings. The molecule has 0 aliphatic carbocycles. The van der Waals surface area contributed by atoms with Gasteiger partial charge in [0.1, 0.15) is 18.2 Å². The van der Waals surface area contributed by atoms with Crippen LogP contribution in [0.4, 0.5) is 9.18 Å². The SMILES string of the molecule is NC(=O)NN=Cc1cccc(OCc2ccc(F)cc2Cl)c1. The van der Waals surface area contributed by atoms with Crippen molar-refractivity contribution in [1.82, 2.24) is 5.43 Å². The molecular weight excluding hydrogens is 309 g/mol. The highest BCUT2D eigenvalue weighted by Gasteiger charge is 2.03. The van der Waals surface area contributed by atoms with Gasteiger partial charge in [0, 0.05) is 5.56 Å². The maximum absolute atomic E-state index is 13.0.